The SMILES string of the molecule is CCCN(CC1OCCO1)C(=O)CCl. The van der Waals surface area contributed by atoms with Gasteiger partial charge in [-0.25, -0.2) is 0 Å². The molecule has 0 saturated carbocycles. The van der Waals surface area contributed by atoms with Crippen molar-refractivity contribution in [2.45, 2.75) is 19.6 Å². The summed E-state index contributed by atoms with van der Waals surface area (Å²) in [5, 5.41) is 0. The van der Waals surface area contributed by atoms with Crippen LogP contribution in [0.5, 0.6) is 0 Å². The van der Waals surface area contributed by atoms with E-state index >= 15 is 0 Å². The first kappa shape index (κ1) is 11.8. The normalized spacial score (nSPS) is 17.3. The molecule has 0 radical (unpaired) electrons. The molecular formula is C9H16ClNO3. The highest BCUT2D eigenvalue weighted by Crippen LogP contribution is 2.07. The van der Waals surface area contributed by atoms with Crippen LogP contribution < -0.4 is 0 Å². The molecule has 0 aliphatic carbocycles. The summed E-state index contributed by atoms with van der Waals surface area (Å²) < 4.78 is 10.5. The fraction of sp³-hybridized carbons (Fsp3) is 0.889. The first-order chi connectivity index (χ1) is 6.77. The highest BCUT2D eigenvalue weighted by Gasteiger charge is 2.21. The monoisotopic (exact) mass is 221 g/mol. The number of amides is 1. The second-order valence-corrected chi connectivity index (χ2v) is 3.41. The predicted molar refractivity (Wildman–Crippen MR) is 53.3 cm³/mol. The zero-order valence-electron chi connectivity index (χ0n) is 8.37. The minimum absolute atomic E-state index is 0.0206. The first-order valence-electron chi connectivity index (χ1n) is 4.85. The van der Waals surface area contributed by atoms with Crippen molar-refractivity contribution in [1.29, 1.82) is 0 Å². The molecule has 1 aliphatic heterocycles. The fourth-order valence-electron chi connectivity index (χ4n) is 1.36. The number of carbonyl (C=O) groups excluding carboxylic acids is 1. The first-order valence-corrected chi connectivity index (χ1v) is 5.38. The zero-order valence-corrected chi connectivity index (χ0v) is 9.13. The number of ether oxygens (including phenoxy) is 2. The van der Waals surface area contributed by atoms with Crippen molar-refractivity contribution in [3.63, 3.8) is 0 Å². The van der Waals surface area contributed by atoms with Crippen LogP contribution in [0.25, 0.3) is 0 Å². The standard InChI is InChI=1S/C9H16ClNO3/c1-2-3-11(8(12)6-10)7-9-13-4-5-14-9/h9H,2-7H2,1H3. The van der Waals surface area contributed by atoms with Crippen LogP contribution in [-0.2, 0) is 14.3 Å². The molecule has 0 aromatic carbocycles. The van der Waals surface area contributed by atoms with Crippen molar-refractivity contribution in [2.24, 2.45) is 0 Å². The van der Waals surface area contributed by atoms with Crippen molar-refractivity contribution in [3.8, 4) is 0 Å². The Balaban J connectivity index is 2.37. The summed E-state index contributed by atoms with van der Waals surface area (Å²) in [5.41, 5.74) is 0. The van der Waals surface area contributed by atoms with Crippen LogP contribution in [0.4, 0.5) is 0 Å². The molecule has 1 aliphatic rings. The molecule has 0 unspecified atom stereocenters. The summed E-state index contributed by atoms with van der Waals surface area (Å²) in [4.78, 5) is 13.1. The number of rotatable bonds is 5. The Labute approximate surface area is 89.1 Å². The van der Waals surface area contributed by atoms with Gasteiger partial charge in [-0.15, -0.1) is 11.6 Å². The number of hydrogen-bond donors (Lipinski definition) is 0. The topological polar surface area (TPSA) is 38.8 Å². The minimum Gasteiger partial charge on any atom is -0.348 e. The molecule has 82 valence electrons. The van der Waals surface area contributed by atoms with Crippen LogP contribution in [0, 0.1) is 0 Å². The highest BCUT2D eigenvalue weighted by molar-refractivity contribution is 6.27. The van der Waals surface area contributed by atoms with Gasteiger partial charge >= 0.3 is 0 Å². The van der Waals surface area contributed by atoms with Crippen molar-refractivity contribution in [2.75, 3.05) is 32.2 Å². The Hall–Kier alpha value is -0.320. The predicted octanol–water partition coefficient (Wildman–Crippen LogP) is 0.837. The molecule has 1 amide bonds. The van der Waals surface area contributed by atoms with Crippen molar-refractivity contribution in [3.05, 3.63) is 0 Å². The maximum Gasteiger partial charge on any atom is 0.237 e. The average Bonchev–Trinajstić information content (AvgIpc) is 2.68. The van der Waals surface area contributed by atoms with Crippen molar-refractivity contribution in [1.82, 2.24) is 4.90 Å². The van der Waals surface area contributed by atoms with E-state index in [0.29, 0.717) is 26.3 Å². The van der Waals surface area contributed by atoms with Crippen LogP contribution in [0.15, 0.2) is 0 Å². The molecular weight excluding hydrogens is 206 g/mol. The molecule has 5 heteroatoms. The molecule has 1 saturated heterocycles. The smallest absolute Gasteiger partial charge is 0.237 e. The zero-order chi connectivity index (χ0) is 10.4. The van der Waals surface area contributed by atoms with E-state index in [2.05, 4.69) is 0 Å². The van der Waals surface area contributed by atoms with Gasteiger partial charge in [-0.3, -0.25) is 4.79 Å². The van der Waals surface area contributed by atoms with Gasteiger partial charge in [0.25, 0.3) is 0 Å². The summed E-state index contributed by atoms with van der Waals surface area (Å²) in [6, 6.07) is 0. The molecule has 1 rings (SSSR count). The summed E-state index contributed by atoms with van der Waals surface area (Å²) in [7, 11) is 0. The maximum absolute atomic E-state index is 11.4. The number of halogens is 1. The molecule has 0 bridgehead atoms. The molecule has 1 fully saturated rings. The summed E-state index contributed by atoms with van der Waals surface area (Å²) >= 11 is 5.50. The van der Waals surface area contributed by atoms with Crippen LogP contribution in [0.1, 0.15) is 13.3 Å². The summed E-state index contributed by atoms with van der Waals surface area (Å²) in [6.07, 6.45) is 0.642. The van der Waals surface area contributed by atoms with Gasteiger partial charge in [-0.05, 0) is 6.42 Å². The van der Waals surface area contributed by atoms with Gasteiger partial charge in [0.1, 0.15) is 5.88 Å². The molecule has 0 atom stereocenters. The van der Waals surface area contributed by atoms with Crippen molar-refractivity contribution < 1.29 is 14.3 Å². The lowest BCUT2D eigenvalue weighted by Crippen LogP contribution is -2.39. The second-order valence-electron chi connectivity index (χ2n) is 3.14. The largest absolute Gasteiger partial charge is 0.348 e. The van der Waals surface area contributed by atoms with E-state index in [9.17, 15) is 4.79 Å². The molecule has 0 aromatic heterocycles. The quantitative estimate of drug-likeness (QED) is 0.646. The van der Waals surface area contributed by atoms with Crippen LogP contribution >= 0.6 is 11.6 Å². The highest BCUT2D eigenvalue weighted by atomic mass is 35.5. The molecule has 0 aromatic rings. The van der Waals surface area contributed by atoms with Gasteiger partial charge in [-0.2, -0.15) is 0 Å². The van der Waals surface area contributed by atoms with E-state index in [1.165, 1.54) is 0 Å². The van der Waals surface area contributed by atoms with Gasteiger partial charge in [-0.1, -0.05) is 6.92 Å². The summed E-state index contributed by atoms with van der Waals surface area (Å²) in [6.45, 7) is 4.43. The van der Waals surface area contributed by atoms with Crippen molar-refractivity contribution >= 4 is 17.5 Å². The molecule has 4 nitrogen and oxygen atoms in total. The Bertz CT molecular complexity index is 183. The molecule has 14 heavy (non-hydrogen) atoms. The number of nitrogens with zero attached hydrogens (tertiary/aromatic N) is 1. The Morgan fingerprint density at radius 2 is 2.14 bits per heavy atom. The van der Waals surface area contributed by atoms with Crippen LogP contribution in [0.3, 0.4) is 0 Å². The van der Waals surface area contributed by atoms with E-state index in [-0.39, 0.29) is 18.1 Å². The molecule has 0 spiro atoms. The Morgan fingerprint density at radius 3 is 2.64 bits per heavy atom. The Morgan fingerprint density at radius 1 is 1.50 bits per heavy atom. The van der Waals surface area contributed by atoms with Gasteiger partial charge in [0.05, 0.1) is 19.8 Å². The molecule has 0 N–H and O–H groups in total. The van der Waals surface area contributed by atoms with E-state index in [0.717, 1.165) is 6.42 Å². The third-order valence-corrected chi connectivity index (χ3v) is 2.25. The second kappa shape index (κ2) is 6.22. The average molecular weight is 222 g/mol. The van der Waals surface area contributed by atoms with Gasteiger partial charge < -0.3 is 14.4 Å². The number of alkyl halides is 1. The molecule has 1 heterocycles. The van der Waals surface area contributed by atoms with E-state index in [4.69, 9.17) is 21.1 Å². The van der Waals surface area contributed by atoms with E-state index in [1.54, 1.807) is 4.90 Å². The van der Waals surface area contributed by atoms with Crippen LogP contribution in [-0.4, -0.2) is 49.3 Å². The van der Waals surface area contributed by atoms with Crippen LogP contribution in [0.2, 0.25) is 0 Å². The lowest BCUT2D eigenvalue weighted by atomic mass is 10.4. The van der Waals surface area contributed by atoms with Gasteiger partial charge in [0, 0.05) is 6.54 Å². The maximum atomic E-state index is 11.4. The third-order valence-electron chi connectivity index (χ3n) is 2.02. The van der Waals surface area contributed by atoms with E-state index in [1.807, 2.05) is 6.92 Å². The third kappa shape index (κ3) is 3.44. The lowest BCUT2D eigenvalue weighted by molar-refractivity contribution is -0.134. The minimum atomic E-state index is -0.270. The number of hydrogen-bond acceptors (Lipinski definition) is 3. The van der Waals surface area contributed by atoms with E-state index < -0.39 is 0 Å². The Kier molecular flexibility index (Phi) is 5.22. The van der Waals surface area contributed by atoms with Gasteiger partial charge in [0.15, 0.2) is 6.29 Å². The number of carbonyl (C=O) groups is 1. The van der Waals surface area contributed by atoms with Gasteiger partial charge in [0.2, 0.25) is 5.91 Å². The fourth-order valence-corrected chi connectivity index (χ4v) is 1.53. The lowest BCUT2D eigenvalue weighted by Gasteiger charge is -2.23. The summed E-state index contributed by atoms with van der Waals surface area (Å²) in [5.74, 6) is -0.0418.